The molecule has 0 fully saturated rings. The lowest BCUT2D eigenvalue weighted by atomic mass is 10.1. The number of carboxylic acid groups (broad SMARTS) is 1. The van der Waals surface area contributed by atoms with Crippen molar-refractivity contribution < 1.29 is 38.2 Å². The maximum absolute atomic E-state index is 12.8. The molecule has 0 saturated heterocycles. The van der Waals surface area contributed by atoms with Crippen molar-refractivity contribution in [3.8, 4) is 0 Å². The summed E-state index contributed by atoms with van der Waals surface area (Å²) in [6.07, 6.45) is 58.2. The number of quaternary nitrogens is 1. The van der Waals surface area contributed by atoms with Gasteiger partial charge in [0.15, 0.2) is 6.10 Å². The van der Waals surface area contributed by atoms with Crippen molar-refractivity contribution in [1.82, 2.24) is 0 Å². The van der Waals surface area contributed by atoms with Crippen LogP contribution in [0.15, 0.2) is 109 Å². The van der Waals surface area contributed by atoms with E-state index < -0.39 is 18.1 Å². The number of nitrogens with zero attached hydrogens (tertiary/aromatic N) is 1. The molecule has 0 aliphatic rings. The molecule has 0 aliphatic heterocycles. The lowest BCUT2D eigenvalue weighted by molar-refractivity contribution is -0.889. The van der Waals surface area contributed by atoms with E-state index >= 15 is 0 Å². The van der Waals surface area contributed by atoms with Crippen LogP contribution in [0.4, 0.5) is 0 Å². The second-order valence-corrected chi connectivity index (χ2v) is 16.4. The average molecular weight is 848 g/mol. The van der Waals surface area contributed by atoms with E-state index in [0.717, 1.165) is 103 Å². The number of allylic oxidation sites excluding steroid dienone is 18. The summed E-state index contributed by atoms with van der Waals surface area (Å²) in [5, 5.41) is 11.6. The van der Waals surface area contributed by atoms with Crippen LogP contribution in [0.1, 0.15) is 155 Å². The van der Waals surface area contributed by atoms with Crippen LogP contribution in [-0.2, 0) is 28.6 Å². The van der Waals surface area contributed by atoms with Gasteiger partial charge in [0.25, 0.3) is 0 Å². The number of hydrogen-bond acceptors (Lipinski definition) is 7. The molecule has 0 bridgehead atoms. The van der Waals surface area contributed by atoms with Crippen LogP contribution < -0.4 is 5.11 Å². The van der Waals surface area contributed by atoms with Crippen molar-refractivity contribution in [3.63, 3.8) is 0 Å². The van der Waals surface area contributed by atoms with E-state index in [4.69, 9.17) is 14.2 Å². The Morgan fingerprint density at radius 1 is 0.525 bits per heavy atom. The van der Waals surface area contributed by atoms with Gasteiger partial charge in [-0.15, -0.1) is 0 Å². The predicted octanol–water partition coefficient (Wildman–Crippen LogP) is 11.9. The molecule has 0 heterocycles. The molecule has 0 radical (unpaired) electrons. The van der Waals surface area contributed by atoms with Crippen molar-refractivity contribution in [2.24, 2.45) is 0 Å². The molecule has 0 aliphatic carbocycles. The Balaban J connectivity index is 4.42. The molecule has 344 valence electrons. The predicted molar refractivity (Wildman–Crippen MR) is 254 cm³/mol. The van der Waals surface area contributed by atoms with Crippen LogP contribution in [0.2, 0.25) is 0 Å². The van der Waals surface area contributed by atoms with Gasteiger partial charge < -0.3 is 28.6 Å². The topological polar surface area (TPSA) is 102 Å². The highest BCUT2D eigenvalue weighted by atomic mass is 16.6. The fourth-order valence-electron chi connectivity index (χ4n) is 6.15. The standard InChI is InChI=1S/C53H85NO7/c1-6-8-10-12-14-16-18-20-22-24-26-28-30-32-34-36-38-40-42-44-52(56)61-49(47-59-46-45-50(53(57)58)54(3,4)5)48-60-51(55)43-41-39-37-35-33-31-29-27-25-23-21-19-17-15-13-11-9-7-2/h8,10-11,13-17,19-23,25-29,49-50H,6-7,9,12,18,24,30-48H2,1-5H3/b10-8+,13-11+,16-14+,17-15+,21-19+,22-20+,25-23+,28-26+,29-27+. The lowest BCUT2D eigenvalue weighted by Crippen LogP contribution is -2.55. The quantitative estimate of drug-likeness (QED) is 0.0199. The van der Waals surface area contributed by atoms with Gasteiger partial charge in [-0.2, -0.15) is 0 Å². The van der Waals surface area contributed by atoms with Gasteiger partial charge in [-0.1, -0.05) is 175 Å². The Morgan fingerprint density at radius 3 is 1.51 bits per heavy atom. The van der Waals surface area contributed by atoms with Gasteiger partial charge in [-0.25, -0.2) is 0 Å². The van der Waals surface area contributed by atoms with Crippen molar-refractivity contribution in [2.45, 2.75) is 167 Å². The number of esters is 2. The zero-order valence-electron chi connectivity index (χ0n) is 39.0. The number of aliphatic carboxylic acids is 1. The molecular formula is C53H85NO7. The third-order valence-corrected chi connectivity index (χ3v) is 9.75. The fourth-order valence-corrected chi connectivity index (χ4v) is 6.15. The molecule has 8 heteroatoms. The largest absolute Gasteiger partial charge is 0.544 e. The smallest absolute Gasteiger partial charge is 0.306 e. The molecule has 2 unspecified atom stereocenters. The first-order valence-corrected chi connectivity index (χ1v) is 23.5. The van der Waals surface area contributed by atoms with Crippen LogP contribution in [-0.4, -0.2) is 75.5 Å². The second-order valence-electron chi connectivity index (χ2n) is 16.4. The number of carbonyl (C=O) groups excluding carboxylic acids is 3. The molecule has 0 N–H and O–H groups in total. The monoisotopic (exact) mass is 848 g/mol. The molecule has 61 heavy (non-hydrogen) atoms. The highest BCUT2D eigenvalue weighted by molar-refractivity contribution is 5.70. The normalized spacial score (nSPS) is 13.9. The number of likely N-dealkylation sites (N-methyl/N-ethyl adjacent to an activating group) is 1. The van der Waals surface area contributed by atoms with Crippen molar-refractivity contribution in [2.75, 3.05) is 41.0 Å². The summed E-state index contributed by atoms with van der Waals surface area (Å²) < 4.78 is 17.2. The molecule has 2 atom stereocenters. The van der Waals surface area contributed by atoms with Crippen LogP contribution in [0.5, 0.6) is 0 Å². The maximum Gasteiger partial charge on any atom is 0.306 e. The van der Waals surface area contributed by atoms with Crippen LogP contribution in [0, 0.1) is 0 Å². The fraction of sp³-hybridized carbons (Fsp3) is 0.604. The van der Waals surface area contributed by atoms with E-state index in [1.807, 2.05) is 36.5 Å². The Kier molecular flexibility index (Phi) is 39.9. The second kappa shape index (κ2) is 42.7. The van der Waals surface area contributed by atoms with Gasteiger partial charge in [0.2, 0.25) is 0 Å². The zero-order valence-corrected chi connectivity index (χ0v) is 39.0. The molecule has 0 amide bonds. The molecule has 0 aromatic carbocycles. The summed E-state index contributed by atoms with van der Waals surface area (Å²) in [4.78, 5) is 37.0. The van der Waals surface area contributed by atoms with Gasteiger partial charge in [-0.05, 0) is 70.6 Å². The van der Waals surface area contributed by atoms with Crippen molar-refractivity contribution >= 4 is 17.9 Å². The van der Waals surface area contributed by atoms with E-state index in [-0.39, 0.29) is 42.7 Å². The number of ether oxygens (including phenoxy) is 3. The van der Waals surface area contributed by atoms with E-state index in [9.17, 15) is 19.5 Å². The van der Waals surface area contributed by atoms with Gasteiger partial charge in [0.1, 0.15) is 12.6 Å². The third kappa shape index (κ3) is 41.1. The highest BCUT2D eigenvalue weighted by Crippen LogP contribution is 2.13. The molecule has 0 saturated carbocycles. The molecule has 0 aromatic rings. The number of carbonyl (C=O) groups is 3. The first-order valence-electron chi connectivity index (χ1n) is 23.5. The lowest BCUT2D eigenvalue weighted by Gasteiger charge is -2.34. The van der Waals surface area contributed by atoms with E-state index in [1.54, 1.807) is 21.1 Å². The first kappa shape index (κ1) is 57.0. The van der Waals surface area contributed by atoms with Gasteiger partial charge in [0.05, 0.1) is 40.3 Å². The molecule has 0 aromatic heterocycles. The van der Waals surface area contributed by atoms with E-state index in [2.05, 4.69) is 86.8 Å². The van der Waals surface area contributed by atoms with Gasteiger partial charge >= 0.3 is 11.9 Å². The molecule has 0 rings (SSSR count). The maximum atomic E-state index is 12.8. The van der Waals surface area contributed by atoms with Crippen LogP contribution >= 0.6 is 0 Å². The Labute approximate surface area is 372 Å². The summed E-state index contributed by atoms with van der Waals surface area (Å²) in [7, 11) is 5.38. The van der Waals surface area contributed by atoms with Crippen LogP contribution in [0.3, 0.4) is 0 Å². The summed E-state index contributed by atoms with van der Waals surface area (Å²) in [6, 6.07) is -0.740. The number of hydrogen-bond donors (Lipinski definition) is 0. The van der Waals surface area contributed by atoms with E-state index in [1.165, 1.54) is 19.3 Å². The summed E-state index contributed by atoms with van der Waals surface area (Å²) in [6.45, 7) is 4.40. The number of carboxylic acids is 1. The van der Waals surface area contributed by atoms with Gasteiger partial charge in [0, 0.05) is 19.3 Å². The van der Waals surface area contributed by atoms with Gasteiger partial charge in [-0.3, -0.25) is 9.59 Å². The Bertz CT molecular complexity index is 1360. The van der Waals surface area contributed by atoms with Crippen molar-refractivity contribution in [3.05, 3.63) is 109 Å². The Hall–Kier alpha value is -4.01. The molecular weight excluding hydrogens is 763 g/mol. The average Bonchev–Trinajstić information content (AvgIpc) is 3.22. The van der Waals surface area contributed by atoms with Crippen LogP contribution in [0.25, 0.3) is 0 Å². The van der Waals surface area contributed by atoms with E-state index in [0.29, 0.717) is 12.8 Å². The minimum atomic E-state index is -1.14. The summed E-state index contributed by atoms with van der Waals surface area (Å²) in [5.74, 6) is -1.80. The summed E-state index contributed by atoms with van der Waals surface area (Å²) >= 11 is 0. The SMILES string of the molecule is CC/C=C/C/C=C/C/C=C/C/C=C/CCCCCCCCC(=O)OC(COCCC(C(=O)[O-])[N+](C)(C)C)COC(=O)CCCCCCC/C=C/C=C/C=C/C=C/C=C/CCC. The minimum Gasteiger partial charge on any atom is -0.544 e. The first-order chi connectivity index (χ1) is 29.6. The third-order valence-electron chi connectivity index (χ3n) is 9.75. The minimum absolute atomic E-state index is 0.0184. The Morgan fingerprint density at radius 2 is 0.984 bits per heavy atom. The highest BCUT2D eigenvalue weighted by Gasteiger charge is 2.25. The number of unbranched alkanes of at least 4 members (excludes halogenated alkanes) is 12. The molecule has 8 nitrogen and oxygen atoms in total. The van der Waals surface area contributed by atoms with Crippen molar-refractivity contribution in [1.29, 1.82) is 0 Å². The zero-order chi connectivity index (χ0) is 44.9. The summed E-state index contributed by atoms with van der Waals surface area (Å²) in [5.41, 5.74) is 0. The number of rotatable bonds is 40. The molecule has 0 spiro atoms.